The highest BCUT2D eigenvalue weighted by Gasteiger charge is 2.09. The van der Waals surface area contributed by atoms with Gasteiger partial charge in [0.1, 0.15) is 11.5 Å². The van der Waals surface area contributed by atoms with E-state index in [1.807, 2.05) is 55.4 Å². The van der Waals surface area contributed by atoms with Crippen LogP contribution in [0.1, 0.15) is 21.5 Å². The Morgan fingerprint density at radius 2 is 1.83 bits per heavy atom. The first-order valence-electron chi connectivity index (χ1n) is 7.72. The maximum atomic E-state index is 12.6. The third-order valence-corrected chi connectivity index (χ3v) is 3.62. The van der Waals surface area contributed by atoms with E-state index >= 15 is 0 Å². The molecule has 0 atom stereocenters. The number of benzene rings is 2. The molecule has 0 unspecified atom stereocenters. The van der Waals surface area contributed by atoms with Gasteiger partial charge in [0, 0.05) is 23.7 Å². The van der Waals surface area contributed by atoms with Gasteiger partial charge in [0.05, 0.1) is 14.2 Å². The van der Waals surface area contributed by atoms with Crippen LogP contribution in [0.5, 0.6) is 11.5 Å². The molecule has 0 spiro atoms. The van der Waals surface area contributed by atoms with Crippen molar-refractivity contribution in [2.45, 2.75) is 6.54 Å². The van der Waals surface area contributed by atoms with E-state index in [0.29, 0.717) is 11.5 Å². The normalized spacial score (nSPS) is 11.0. The van der Waals surface area contributed by atoms with Gasteiger partial charge in [-0.1, -0.05) is 24.3 Å². The van der Waals surface area contributed by atoms with Crippen molar-refractivity contribution in [1.82, 2.24) is 4.90 Å². The van der Waals surface area contributed by atoms with E-state index in [4.69, 9.17) is 9.47 Å². The van der Waals surface area contributed by atoms with Gasteiger partial charge in [-0.25, -0.2) is 0 Å². The van der Waals surface area contributed by atoms with Gasteiger partial charge in [0.2, 0.25) is 0 Å². The lowest BCUT2D eigenvalue weighted by Gasteiger charge is -2.12. The number of carbonyl (C=O) groups excluding carboxylic acids is 1. The van der Waals surface area contributed by atoms with Crippen LogP contribution in [0, 0.1) is 0 Å². The van der Waals surface area contributed by atoms with Crippen molar-refractivity contribution in [3.8, 4) is 11.5 Å². The molecule has 0 saturated heterocycles. The van der Waals surface area contributed by atoms with Crippen molar-refractivity contribution in [1.29, 1.82) is 0 Å². The van der Waals surface area contributed by atoms with Crippen LogP contribution in [0.25, 0.3) is 6.08 Å². The summed E-state index contributed by atoms with van der Waals surface area (Å²) in [4.78, 5) is 14.6. The summed E-state index contributed by atoms with van der Waals surface area (Å²) in [5.41, 5.74) is 2.56. The molecule has 4 nitrogen and oxygen atoms in total. The van der Waals surface area contributed by atoms with Crippen LogP contribution in [0.2, 0.25) is 0 Å². The summed E-state index contributed by atoms with van der Waals surface area (Å²) in [6.45, 7) is 0.724. The summed E-state index contributed by atoms with van der Waals surface area (Å²) in [5.74, 6) is 1.36. The molecule has 0 aliphatic carbocycles. The molecule has 0 bridgehead atoms. The fourth-order valence-electron chi connectivity index (χ4n) is 2.45. The first-order valence-corrected chi connectivity index (χ1v) is 7.72. The number of hydrogen-bond acceptors (Lipinski definition) is 4. The van der Waals surface area contributed by atoms with Crippen LogP contribution < -0.4 is 9.47 Å². The fourth-order valence-corrected chi connectivity index (χ4v) is 2.45. The molecule has 24 heavy (non-hydrogen) atoms. The van der Waals surface area contributed by atoms with Crippen molar-refractivity contribution in [2.24, 2.45) is 0 Å². The number of allylic oxidation sites excluding steroid dienone is 1. The number of methoxy groups -OCH3 is 2. The largest absolute Gasteiger partial charge is 0.497 e. The summed E-state index contributed by atoms with van der Waals surface area (Å²) in [6, 6.07) is 13.2. The molecule has 0 aliphatic heterocycles. The van der Waals surface area contributed by atoms with Crippen molar-refractivity contribution >= 4 is 11.9 Å². The van der Waals surface area contributed by atoms with Crippen LogP contribution in [-0.4, -0.2) is 39.0 Å². The number of nitrogens with zero attached hydrogens (tertiary/aromatic N) is 1. The molecule has 0 amide bonds. The minimum Gasteiger partial charge on any atom is -0.497 e. The third-order valence-electron chi connectivity index (χ3n) is 3.62. The predicted molar refractivity (Wildman–Crippen MR) is 96.7 cm³/mol. The topological polar surface area (TPSA) is 38.8 Å². The highest BCUT2D eigenvalue weighted by molar-refractivity contribution is 6.07. The average molecular weight is 325 g/mol. The molecule has 0 radical (unpaired) electrons. The number of carbonyl (C=O) groups is 1. The molecule has 2 rings (SSSR count). The maximum absolute atomic E-state index is 12.6. The highest BCUT2D eigenvalue weighted by Crippen LogP contribution is 2.25. The minimum atomic E-state index is -0.0229. The second-order valence-corrected chi connectivity index (χ2v) is 5.70. The lowest BCUT2D eigenvalue weighted by molar-refractivity contribution is 0.104. The van der Waals surface area contributed by atoms with Gasteiger partial charge < -0.3 is 14.4 Å². The molecule has 2 aromatic rings. The van der Waals surface area contributed by atoms with E-state index in [1.54, 1.807) is 32.4 Å². The molecule has 0 aromatic heterocycles. The molecule has 0 heterocycles. The SMILES string of the molecule is COc1ccc(C=CC(=O)c2ccccc2CN(C)C)c(OC)c1. The first kappa shape index (κ1) is 17.8. The third kappa shape index (κ3) is 4.46. The van der Waals surface area contributed by atoms with Crippen LogP contribution in [0.3, 0.4) is 0 Å². The monoisotopic (exact) mass is 325 g/mol. The van der Waals surface area contributed by atoms with E-state index in [9.17, 15) is 4.79 Å². The molecular weight excluding hydrogens is 302 g/mol. The van der Waals surface area contributed by atoms with Crippen LogP contribution in [-0.2, 0) is 6.54 Å². The van der Waals surface area contributed by atoms with E-state index in [1.165, 1.54) is 0 Å². The molecule has 126 valence electrons. The van der Waals surface area contributed by atoms with E-state index in [0.717, 1.165) is 23.2 Å². The number of ketones is 1. The standard InChI is InChI=1S/C20H23NO3/c1-21(2)14-16-7-5-6-8-18(16)19(22)12-10-15-9-11-17(23-3)13-20(15)24-4/h5-13H,14H2,1-4H3. The first-order chi connectivity index (χ1) is 11.5. The molecule has 0 fully saturated rings. The summed E-state index contributed by atoms with van der Waals surface area (Å²) in [6.07, 6.45) is 3.35. The predicted octanol–water partition coefficient (Wildman–Crippen LogP) is 3.66. The summed E-state index contributed by atoms with van der Waals surface area (Å²) in [7, 11) is 7.18. The molecule has 0 N–H and O–H groups in total. The number of rotatable bonds is 7. The summed E-state index contributed by atoms with van der Waals surface area (Å²) < 4.78 is 10.5. The number of hydrogen-bond donors (Lipinski definition) is 0. The average Bonchev–Trinajstić information content (AvgIpc) is 2.59. The molecule has 2 aromatic carbocycles. The summed E-state index contributed by atoms with van der Waals surface area (Å²) in [5, 5.41) is 0. The smallest absolute Gasteiger partial charge is 0.186 e. The fraction of sp³-hybridized carbons (Fsp3) is 0.250. The highest BCUT2D eigenvalue weighted by atomic mass is 16.5. The van der Waals surface area contributed by atoms with Gasteiger partial charge in [0.25, 0.3) is 0 Å². The van der Waals surface area contributed by atoms with Crippen molar-refractivity contribution in [2.75, 3.05) is 28.3 Å². The lowest BCUT2D eigenvalue weighted by Crippen LogP contribution is -2.13. The summed E-state index contributed by atoms with van der Waals surface area (Å²) >= 11 is 0. The zero-order chi connectivity index (χ0) is 17.5. The van der Waals surface area contributed by atoms with Gasteiger partial charge in [-0.05, 0) is 43.9 Å². The van der Waals surface area contributed by atoms with E-state index in [-0.39, 0.29) is 5.78 Å². The van der Waals surface area contributed by atoms with Crippen molar-refractivity contribution in [3.63, 3.8) is 0 Å². The minimum absolute atomic E-state index is 0.0229. The Morgan fingerprint density at radius 1 is 1.08 bits per heavy atom. The Morgan fingerprint density at radius 3 is 2.50 bits per heavy atom. The maximum Gasteiger partial charge on any atom is 0.186 e. The van der Waals surface area contributed by atoms with Crippen molar-refractivity contribution in [3.05, 3.63) is 65.2 Å². The molecule has 0 aliphatic rings. The van der Waals surface area contributed by atoms with Crippen LogP contribution in [0.15, 0.2) is 48.5 Å². The molecule has 4 heteroatoms. The Kier molecular flexibility index (Phi) is 6.15. The van der Waals surface area contributed by atoms with Gasteiger partial charge in [-0.2, -0.15) is 0 Å². The zero-order valence-corrected chi connectivity index (χ0v) is 14.6. The van der Waals surface area contributed by atoms with Gasteiger partial charge in [-0.3, -0.25) is 4.79 Å². The van der Waals surface area contributed by atoms with E-state index < -0.39 is 0 Å². The van der Waals surface area contributed by atoms with E-state index in [2.05, 4.69) is 0 Å². The Labute approximate surface area is 143 Å². The Balaban J connectivity index is 2.25. The molecular formula is C20H23NO3. The van der Waals surface area contributed by atoms with Crippen LogP contribution in [0.4, 0.5) is 0 Å². The van der Waals surface area contributed by atoms with Crippen LogP contribution >= 0.6 is 0 Å². The van der Waals surface area contributed by atoms with Crippen molar-refractivity contribution < 1.29 is 14.3 Å². The zero-order valence-electron chi connectivity index (χ0n) is 14.6. The second-order valence-electron chi connectivity index (χ2n) is 5.70. The Hall–Kier alpha value is -2.59. The van der Waals surface area contributed by atoms with Gasteiger partial charge >= 0.3 is 0 Å². The lowest BCUT2D eigenvalue weighted by atomic mass is 10.0. The number of ether oxygens (including phenoxy) is 2. The second kappa shape index (κ2) is 8.31. The Bertz CT molecular complexity index is 735. The van der Waals surface area contributed by atoms with Gasteiger partial charge in [0.15, 0.2) is 5.78 Å². The molecule has 0 saturated carbocycles. The quantitative estimate of drug-likeness (QED) is 0.575. The van der Waals surface area contributed by atoms with Gasteiger partial charge in [-0.15, -0.1) is 0 Å².